The second kappa shape index (κ2) is 3.28. The minimum atomic E-state index is 0.841. The van der Waals surface area contributed by atoms with Crippen molar-refractivity contribution in [1.29, 1.82) is 0 Å². The van der Waals surface area contributed by atoms with Crippen LogP contribution in [-0.2, 0) is 4.79 Å². The Morgan fingerprint density at radius 2 is 2.33 bits per heavy atom. The van der Waals surface area contributed by atoms with Crippen LogP contribution >= 0.6 is 0 Å². The quantitative estimate of drug-likeness (QED) is 0.415. The molecular formula is C7H11NO. The molecule has 2 nitrogen and oxygen atoms in total. The molecule has 0 spiro atoms. The summed E-state index contributed by atoms with van der Waals surface area (Å²) in [6.45, 7) is 1.03. The van der Waals surface area contributed by atoms with Crippen LogP contribution in [0.3, 0.4) is 0 Å². The number of nitrogens with one attached hydrogen (secondary N) is 1. The first-order valence-corrected chi connectivity index (χ1v) is 3.31. The lowest BCUT2D eigenvalue weighted by atomic mass is 10.1. The van der Waals surface area contributed by atoms with Crippen molar-refractivity contribution < 1.29 is 4.79 Å². The van der Waals surface area contributed by atoms with Gasteiger partial charge in [-0.05, 0) is 25.3 Å². The highest BCUT2D eigenvalue weighted by atomic mass is 16.1. The first kappa shape index (κ1) is 6.33. The van der Waals surface area contributed by atoms with Crippen molar-refractivity contribution in [3.8, 4) is 0 Å². The molecule has 1 heterocycles. The minimum absolute atomic E-state index is 0.841. The Morgan fingerprint density at radius 1 is 1.44 bits per heavy atom. The summed E-state index contributed by atoms with van der Waals surface area (Å²) >= 11 is 0. The molecule has 0 unspecified atom stereocenters. The minimum Gasteiger partial charge on any atom is -0.388 e. The normalized spacial score (nSPS) is 23.3. The number of aldehydes is 1. The van der Waals surface area contributed by atoms with Crippen LogP contribution in [0.2, 0.25) is 0 Å². The Bertz CT molecular complexity index is 121. The molecule has 0 saturated carbocycles. The van der Waals surface area contributed by atoms with Gasteiger partial charge in [0.15, 0.2) is 0 Å². The second-order valence-corrected chi connectivity index (χ2v) is 2.21. The molecule has 1 fully saturated rings. The Labute approximate surface area is 54.9 Å². The summed E-state index contributed by atoms with van der Waals surface area (Å²) in [6, 6.07) is 0. The predicted octanol–water partition coefficient (Wildman–Crippen LogP) is 0.843. The van der Waals surface area contributed by atoms with Crippen LogP contribution in [0.25, 0.3) is 0 Å². The molecule has 50 valence electrons. The number of allylic oxidation sites excluding steroid dienone is 2. The standard InChI is InChI=1S/C7H11NO/c9-6-4-7-3-1-2-5-8-7/h4,6,8H,1-3,5H2. The van der Waals surface area contributed by atoms with Gasteiger partial charge < -0.3 is 5.32 Å². The molecule has 0 radical (unpaired) electrons. The average Bonchev–Trinajstić information content (AvgIpc) is 1.91. The molecule has 0 atom stereocenters. The number of rotatable bonds is 1. The SMILES string of the molecule is O=CC=C1CCCCN1. The maximum atomic E-state index is 9.96. The fourth-order valence-electron chi connectivity index (χ4n) is 1.00. The molecule has 1 saturated heterocycles. The predicted molar refractivity (Wildman–Crippen MR) is 36.0 cm³/mol. The zero-order valence-corrected chi connectivity index (χ0v) is 5.39. The van der Waals surface area contributed by atoms with Crippen molar-refractivity contribution in [2.75, 3.05) is 6.54 Å². The van der Waals surface area contributed by atoms with E-state index in [4.69, 9.17) is 0 Å². The summed E-state index contributed by atoms with van der Waals surface area (Å²) < 4.78 is 0. The summed E-state index contributed by atoms with van der Waals surface area (Å²) in [5, 5.41) is 3.15. The summed E-state index contributed by atoms with van der Waals surface area (Å²) in [4.78, 5) is 9.96. The molecule has 1 N–H and O–H groups in total. The summed E-state index contributed by atoms with van der Waals surface area (Å²) in [7, 11) is 0. The van der Waals surface area contributed by atoms with E-state index in [0.717, 1.165) is 24.9 Å². The second-order valence-electron chi connectivity index (χ2n) is 2.21. The molecular weight excluding hydrogens is 114 g/mol. The topological polar surface area (TPSA) is 29.1 Å². The van der Waals surface area contributed by atoms with E-state index in [9.17, 15) is 4.79 Å². The maximum Gasteiger partial charge on any atom is 0.144 e. The van der Waals surface area contributed by atoms with Gasteiger partial charge in [-0.3, -0.25) is 4.79 Å². The molecule has 0 bridgehead atoms. The first-order chi connectivity index (χ1) is 4.43. The van der Waals surface area contributed by atoms with E-state index < -0.39 is 0 Å². The van der Waals surface area contributed by atoms with Crippen LogP contribution in [0.4, 0.5) is 0 Å². The van der Waals surface area contributed by atoms with Gasteiger partial charge in [-0.2, -0.15) is 0 Å². The van der Waals surface area contributed by atoms with Crippen LogP contribution in [0.1, 0.15) is 19.3 Å². The molecule has 0 aromatic rings. The maximum absolute atomic E-state index is 9.96. The van der Waals surface area contributed by atoms with Crippen LogP contribution in [0.5, 0.6) is 0 Å². The molecule has 0 aromatic heterocycles. The van der Waals surface area contributed by atoms with Crippen LogP contribution < -0.4 is 5.32 Å². The van der Waals surface area contributed by atoms with Gasteiger partial charge in [-0.1, -0.05) is 0 Å². The van der Waals surface area contributed by atoms with Gasteiger partial charge in [-0.25, -0.2) is 0 Å². The van der Waals surface area contributed by atoms with Crippen molar-refractivity contribution >= 4 is 6.29 Å². The zero-order chi connectivity index (χ0) is 6.53. The van der Waals surface area contributed by atoms with Gasteiger partial charge in [0.1, 0.15) is 6.29 Å². The lowest BCUT2D eigenvalue weighted by Gasteiger charge is -2.14. The van der Waals surface area contributed by atoms with E-state index in [2.05, 4.69) is 5.32 Å². The highest BCUT2D eigenvalue weighted by molar-refractivity contribution is 5.65. The Hall–Kier alpha value is -0.790. The summed E-state index contributed by atoms with van der Waals surface area (Å²) in [5.74, 6) is 0. The number of hydrogen-bond acceptors (Lipinski definition) is 2. The third kappa shape index (κ3) is 1.88. The van der Waals surface area contributed by atoms with Crippen molar-refractivity contribution in [1.82, 2.24) is 5.32 Å². The zero-order valence-electron chi connectivity index (χ0n) is 5.39. The molecule has 9 heavy (non-hydrogen) atoms. The van der Waals surface area contributed by atoms with Gasteiger partial charge in [0, 0.05) is 12.2 Å². The van der Waals surface area contributed by atoms with Gasteiger partial charge in [0.25, 0.3) is 0 Å². The monoisotopic (exact) mass is 125 g/mol. The van der Waals surface area contributed by atoms with Gasteiger partial charge in [-0.15, -0.1) is 0 Å². The lowest BCUT2D eigenvalue weighted by molar-refractivity contribution is -0.104. The van der Waals surface area contributed by atoms with E-state index in [0.29, 0.717) is 0 Å². The Morgan fingerprint density at radius 3 is 2.89 bits per heavy atom. The molecule has 1 aliphatic heterocycles. The summed E-state index contributed by atoms with van der Waals surface area (Å²) in [6.07, 6.45) is 5.94. The van der Waals surface area contributed by atoms with E-state index in [1.165, 1.54) is 12.8 Å². The molecule has 0 amide bonds. The lowest BCUT2D eigenvalue weighted by Crippen LogP contribution is -2.19. The van der Waals surface area contributed by atoms with Crippen molar-refractivity contribution in [3.05, 3.63) is 11.8 Å². The molecule has 0 aromatic carbocycles. The number of carbonyl (C=O) groups excluding carboxylic acids is 1. The van der Waals surface area contributed by atoms with Crippen LogP contribution in [-0.4, -0.2) is 12.8 Å². The largest absolute Gasteiger partial charge is 0.388 e. The fraction of sp³-hybridized carbons (Fsp3) is 0.571. The Kier molecular flexibility index (Phi) is 2.31. The molecule has 0 aliphatic carbocycles. The van der Waals surface area contributed by atoms with Crippen molar-refractivity contribution in [2.45, 2.75) is 19.3 Å². The fourth-order valence-corrected chi connectivity index (χ4v) is 1.00. The molecule has 2 heteroatoms. The first-order valence-electron chi connectivity index (χ1n) is 3.31. The highest BCUT2D eigenvalue weighted by Gasteiger charge is 2.01. The van der Waals surface area contributed by atoms with Gasteiger partial charge in [0.2, 0.25) is 0 Å². The van der Waals surface area contributed by atoms with E-state index in [1.54, 1.807) is 6.08 Å². The third-order valence-electron chi connectivity index (χ3n) is 1.49. The average molecular weight is 125 g/mol. The van der Waals surface area contributed by atoms with E-state index >= 15 is 0 Å². The number of carbonyl (C=O) groups is 1. The van der Waals surface area contributed by atoms with E-state index in [1.807, 2.05) is 0 Å². The van der Waals surface area contributed by atoms with Gasteiger partial charge in [0.05, 0.1) is 0 Å². The third-order valence-corrected chi connectivity index (χ3v) is 1.49. The smallest absolute Gasteiger partial charge is 0.144 e. The molecule has 1 rings (SSSR count). The highest BCUT2D eigenvalue weighted by Crippen LogP contribution is 2.08. The van der Waals surface area contributed by atoms with Crippen LogP contribution in [0.15, 0.2) is 11.8 Å². The van der Waals surface area contributed by atoms with Crippen LogP contribution in [0, 0.1) is 0 Å². The molecule has 1 aliphatic rings. The summed E-state index contributed by atoms with van der Waals surface area (Å²) in [5.41, 5.74) is 1.09. The van der Waals surface area contributed by atoms with Crippen molar-refractivity contribution in [2.24, 2.45) is 0 Å². The van der Waals surface area contributed by atoms with Crippen molar-refractivity contribution in [3.63, 3.8) is 0 Å². The number of piperidine rings is 1. The number of hydrogen-bond donors (Lipinski definition) is 1. The Balaban J connectivity index is 2.39. The van der Waals surface area contributed by atoms with Gasteiger partial charge >= 0.3 is 0 Å². The van der Waals surface area contributed by atoms with E-state index in [-0.39, 0.29) is 0 Å².